The lowest BCUT2D eigenvalue weighted by atomic mass is 9.64. The first-order valence-electron chi connectivity index (χ1n) is 13.1. The molecular formula is C33H21Cl2FN2O3. The number of ketones is 2. The maximum atomic E-state index is 15.2. The van der Waals surface area contributed by atoms with Crippen molar-refractivity contribution in [3.8, 4) is 0 Å². The van der Waals surface area contributed by atoms with Crippen LogP contribution in [0.25, 0.3) is 6.08 Å². The number of hydrogen-bond acceptors (Lipinski definition) is 4. The van der Waals surface area contributed by atoms with Crippen molar-refractivity contribution in [1.82, 2.24) is 0 Å². The van der Waals surface area contributed by atoms with E-state index in [4.69, 9.17) is 23.2 Å². The fraction of sp³-hybridized carbons (Fsp3) is 0.121. The van der Waals surface area contributed by atoms with E-state index in [0.29, 0.717) is 22.0 Å². The summed E-state index contributed by atoms with van der Waals surface area (Å²) >= 11 is 12.7. The molecule has 0 aliphatic carbocycles. The molecule has 3 aliphatic rings. The van der Waals surface area contributed by atoms with Crippen LogP contribution in [0.1, 0.15) is 31.8 Å². The molecule has 4 aromatic carbocycles. The molecule has 4 aromatic rings. The molecule has 1 amide bonds. The minimum absolute atomic E-state index is 0.0993. The lowest BCUT2D eigenvalue weighted by Gasteiger charge is -2.37. The molecule has 5 nitrogen and oxygen atoms in total. The number of nitrogens with zero attached hydrogens (tertiary/aromatic N) is 1. The van der Waals surface area contributed by atoms with Gasteiger partial charge in [0.1, 0.15) is 17.3 Å². The number of carbonyl (C=O) groups is 3. The molecule has 1 N–H and O–H groups in total. The molecule has 8 heteroatoms. The van der Waals surface area contributed by atoms with Crippen molar-refractivity contribution in [2.75, 3.05) is 10.2 Å². The molecule has 0 bridgehead atoms. The molecule has 3 heterocycles. The van der Waals surface area contributed by atoms with Crippen molar-refractivity contribution in [2.24, 2.45) is 5.92 Å². The van der Waals surface area contributed by atoms with Crippen LogP contribution in [-0.2, 0) is 10.2 Å². The van der Waals surface area contributed by atoms with Crippen LogP contribution < -0.4 is 10.2 Å². The Bertz CT molecular complexity index is 1820. The number of rotatable bonds is 4. The highest BCUT2D eigenvalue weighted by atomic mass is 35.5. The number of hydrogen-bond donors (Lipinski definition) is 1. The van der Waals surface area contributed by atoms with E-state index in [9.17, 15) is 14.4 Å². The van der Waals surface area contributed by atoms with Gasteiger partial charge in [-0.15, -0.1) is 0 Å². The average molecular weight is 583 g/mol. The minimum atomic E-state index is -1.52. The molecule has 41 heavy (non-hydrogen) atoms. The summed E-state index contributed by atoms with van der Waals surface area (Å²) in [5.41, 5.74) is 1.08. The van der Waals surface area contributed by atoms with Crippen molar-refractivity contribution in [3.63, 3.8) is 0 Å². The SMILES string of the molecule is O=C(c1ccccc1F)C1C(C(=O)c2ccc(Cl)cc2Cl)C2(C(=O)Nc3ccccc32)C2C=Cc3ccccc3N12. The second kappa shape index (κ2) is 9.40. The number of Topliss-reactive ketones (excluding diaryl/α,β-unsaturated/α-hetero) is 2. The Hall–Kier alpha value is -4.26. The summed E-state index contributed by atoms with van der Waals surface area (Å²) in [6.07, 6.45) is 3.77. The predicted molar refractivity (Wildman–Crippen MR) is 157 cm³/mol. The number of para-hydroxylation sites is 2. The highest BCUT2D eigenvalue weighted by Gasteiger charge is 2.70. The van der Waals surface area contributed by atoms with Gasteiger partial charge in [0.25, 0.3) is 0 Å². The standard InChI is InChI=1S/C33H21Cl2FN2O3/c34-19-14-15-20(23(35)17-19)30(39)28-29(31(40)21-8-2-4-10-24(21)36)38-26-12-6-1-7-18(26)13-16-27(38)33(28)22-9-3-5-11-25(22)37-32(33)41/h1-17,27-29H,(H,37,41). The molecule has 1 spiro atoms. The van der Waals surface area contributed by atoms with E-state index >= 15 is 4.39 Å². The van der Waals surface area contributed by atoms with E-state index in [0.717, 1.165) is 5.56 Å². The topological polar surface area (TPSA) is 66.5 Å². The number of anilines is 2. The van der Waals surface area contributed by atoms with Gasteiger partial charge in [-0.1, -0.05) is 83.9 Å². The Morgan fingerprint density at radius 3 is 2.39 bits per heavy atom. The first kappa shape index (κ1) is 25.7. The number of amides is 1. The molecular weight excluding hydrogens is 562 g/mol. The maximum Gasteiger partial charge on any atom is 0.238 e. The molecule has 0 aromatic heterocycles. The monoisotopic (exact) mass is 582 g/mol. The molecule has 7 rings (SSSR count). The molecule has 0 saturated carbocycles. The quantitative estimate of drug-likeness (QED) is 0.263. The maximum absolute atomic E-state index is 15.2. The number of carbonyl (C=O) groups excluding carboxylic acids is 3. The summed E-state index contributed by atoms with van der Waals surface area (Å²) in [7, 11) is 0. The van der Waals surface area contributed by atoms with E-state index in [1.807, 2.05) is 41.3 Å². The van der Waals surface area contributed by atoms with Gasteiger partial charge in [-0.2, -0.15) is 0 Å². The van der Waals surface area contributed by atoms with Crippen molar-refractivity contribution in [3.05, 3.63) is 135 Å². The summed E-state index contributed by atoms with van der Waals surface area (Å²) in [6.45, 7) is 0. The first-order chi connectivity index (χ1) is 19.8. The summed E-state index contributed by atoms with van der Waals surface area (Å²) in [5.74, 6) is -3.49. The van der Waals surface area contributed by atoms with Gasteiger partial charge in [0.15, 0.2) is 11.6 Å². The predicted octanol–water partition coefficient (Wildman–Crippen LogP) is 6.99. The van der Waals surface area contributed by atoms with Crippen LogP contribution in [0.4, 0.5) is 15.8 Å². The second-order valence-electron chi connectivity index (χ2n) is 10.4. The lowest BCUT2D eigenvalue weighted by molar-refractivity contribution is -0.121. The van der Waals surface area contributed by atoms with Crippen molar-refractivity contribution in [1.29, 1.82) is 0 Å². The fourth-order valence-electron chi connectivity index (χ4n) is 6.80. The smallest absolute Gasteiger partial charge is 0.238 e. The largest absolute Gasteiger partial charge is 0.352 e. The van der Waals surface area contributed by atoms with E-state index in [-0.39, 0.29) is 16.1 Å². The Morgan fingerprint density at radius 2 is 1.59 bits per heavy atom. The van der Waals surface area contributed by atoms with Gasteiger partial charge in [0, 0.05) is 22.0 Å². The number of benzene rings is 4. The Kier molecular flexibility index (Phi) is 5.89. The Morgan fingerprint density at radius 1 is 0.854 bits per heavy atom. The van der Waals surface area contributed by atoms with Crippen molar-refractivity contribution < 1.29 is 18.8 Å². The number of fused-ring (bicyclic) bond motifs is 6. The van der Waals surface area contributed by atoms with E-state index in [1.54, 1.807) is 36.4 Å². The van der Waals surface area contributed by atoms with Crippen molar-refractivity contribution in [2.45, 2.75) is 17.5 Å². The van der Waals surface area contributed by atoms with Crippen LogP contribution in [-0.4, -0.2) is 29.6 Å². The third kappa shape index (κ3) is 3.57. The Labute approximate surface area is 245 Å². The van der Waals surface area contributed by atoms with Gasteiger partial charge < -0.3 is 10.2 Å². The zero-order valence-electron chi connectivity index (χ0n) is 21.4. The average Bonchev–Trinajstić information content (AvgIpc) is 3.45. The van der Waals surface area contributed by atoms with Gasteiger partial charge in [-0.05, 0) is 53.6 Å². The molecule has 4 unspecified atom stereocenters. The van der Waals surface area contributed by atoms with Gasteiger partial charge >= 0.3 is 0 Å². The van der Waals surface area contributed by atoms with Crippen LogP contribution in [0.15, 0.2) is 97.1 Å². The third-order valence-corrected chi connectivity index (χ3v) is 8.98. The van der Waals surface area contributed by atoms with Gasteiger partial charge in [-0.25, -0.2) is 4.39 Å². The first-order valence-corrected chi connectivity index (χ1v) is 13.8. The van der Waals surface area contributed by atoms with E-state index in [2.05, 4.69) is 5.32 Å². The summed E-state index contributed by atoms with van der Waals surface area (Å²) < 4.78 is 15.2. The number of halogens is 3. The van der Waals surface area contributed by atoms with Crippen LogP contribution in [0.5, 0.6) is 0 Å². The highest BCUT2D eigenvalue weighted by molar-refractivity contribution is 6.37. The van der Waals surface area contributed by atoms with Crippen molar-refractivity contribution >= 4 is 58.1 Å². The lowest BCUT2D eigenvalue weighted by Crippen LogP contribution is -2.51. The third-order valence-electron chi connectivity index (χ3n) is 8.43. The molecule has 1 saturated heterocycles. The minimum Gasteiger partial charge on any atom is -0.352 e. The normalized spacial score (nSPS) is 23.6. The van der Waals surface area contributed by atoms with E-state index in [1.165, 1.54) is 30.3 Å². The van der Waals surface area contributed by atoms with Crippen LogP contribution in [0.2, 0.25) is 10.0 Å². The molecule has 4 atom stereocenters. The van der Waals surface area contributed by atoms with Gasteiger partial charge in [-0.3, -0.25) is 14.4 Å². The zero-order valence-corrected chi connectivity index (χ0v) is 22.9. The summed E-state index contributed by atoms with van der Waals surface area (Å²) in [4.78, 5) is 45.4. The summed E-state index contributed by atoms with van der Waals surface area (Å²) in [5, 5.41) is 3.40. The second-order valence-corrected chi connectivity index (χ2v) is 11.2. The van der Waals surface area contributed by atoms with Crippen LogP contribution in [0, 0.1) is 11.7 Å². The van der Waals surface area contributed by atoms with Gasteiger partial charge in [0.2, 0.25) is 5.91 Å². The number of nitrogens with one attached hydrogen (secondary N) is 1. The Balaban J connectivity index is 1.56. The molecule has 3 aliphatic heterocycles. The molecule has 1 fully saturated rings. The van der Waals surface area contributed by atoms with Gasteiger partial charge in [0.05, 0.1) is 22.5 Å². The fourth-order valence-corrected chi connectivity index (χ4v) is 7.30. The summed E-state index contributed by atoms with van der Waals surface area (Å²) in [6, 6.07) is 22.9. The van der Waals surface area contributed by atoms with Crippen LogP contribution >= 0.6 is 23.2 Å². The highest BCUT2D eigenvalue weighted by Crippen LogP contribution is 2.58. The molecule has 202 valence electrons. The van der Waals surface area contributed by atoms with Crippen LogP contribution in [0.3, 0.4) is 0 Å². The zero-order chi connectivity index (χ0) is 28.5. The van der Waals surface area contributed by atoms with E-state index < -0.39 is 46.7 Å². The molecule has 0 radical (unpaired) electrons.